The Morgan fingerprint density at radius 2 is 1.41 bits per heavy atom. The van der Waals surface area contributed by atoms with Crippen LogP contribution in [0.4, 0.5) is 11.6 Å². The topological polar surface area (TPSA) is 139 Å². The molecule has 1 amide bonds. The second-order valence-corrected chi connectivity index (χ2v) is 17.8. The van der Waals surface area contributed by atoms with Gasteiger partial charge in [-0.25, -0.2) is 14.4 Å². The SMILES string of the molecule is COc1ccc(C(OC[C@H]2O[C@@H](n3ccc(NC(=O)c4ccccc4)nc3=O)C[C@@H]2OP(OCCN(C)c2ccccn2)N(C(C)C)C(C)C)(c2ccccc2)c2ccc(OC)cc2)cc1. The summed E-state index contributed by atoms with van der Waals surface area (Å²) in [6, 6.07) is 42.0. The Morgan fingerprint density at radius 1 is 0.818 bits per heavy atom. The monoisotopic (exact) mass is 914 g/mol. The number of rotatable bonds is 21. The summed E-state index contributed by atoms with van der Waals surface area (Å²) in [4.78, 5) is 37.6. The molecule has 1 saturated heterocycles. The lowest BCUT2D eigenvalue weighted by Gasteiger charge is -2.39. The summed E-state index contributed by atoms with van der Waals surface area (Å²) in [5, 5.41) is 2.74. The Balaban J connectivity index is 1.24. The van der Waals surface area contributed by atoms with E-state index in [1.165, 1.54) is 4.57 Å². The van der Waals surface area contributed by atoms with Gasteiger partial charge in [0.05, 0.1) is 33.5 Å². The summed E-state index contributed by atoms with van der Waals surface area (Å²) in [6.07, 6.45) is 1.52. The van der Waals surface area contributed by atoms with Crippen LogP contribution in [0.3, 0.4) is 0 Å². The first-order valence-electron chi connectivity index (χ1n) is 22.1. The fourth-order valence-corrected chi connectivity index (χ4v) is 9.83. The first-order valence-corrected chi connectivity index (χ1v) is 23.2. The Morgan fingerprint density at radius 3 is 1.97 bits per heavy atom. The highest BCUT2D eigenvalue weighted by Gasteiger charge is 2.45. The number of aromatic nitrogens is 3. The van der Waals surface area contributed by atoms with Crippen molar-refractivity contribution in [1.29, 1.82) is 0 Å². The molecule has 2 aromatic heterocycles. The van der Waals surface area contributed by atoms with Crippen LogP contribution in [0.5, 0.6) is 11.5 Å². The summed E-state index contributed by atoms with van der Waals surface area (Å²) in [5.74, 6) is 1.99. The van der Waals surface area contributed by atoms with E-state index in [0.29, 0.717) is 30.2 Å². The van der Waals surface area contributed by atoms with Crippen LogP contribution in [0.15, 0.2) is 151 Å². The maximum atomic E-state index is 13.9. The van der Waals surface area contributed by atoms with Crippen molar-refractivity contribution in [2.75, 3.05) is 51.2 Å². The number of ether oxygens (including phenoxy) is 4. The number of anilines is 2. The van der Waals surface area contributed by atoms with Gasteiger partial charge in [0, 0.05) is 50.1 Å². The number of hydrogen-bond acceptors (Lipinski definition) is 12. The summed E-state index contributed by atoms with van der Waals surface area (Å²) in [6.45, 7) is 9.46. The number of carbonyl (C=O) groups excluding carboxylic acids is 1. The molecular weight excluding hydrogens is 856 g/mol. The van der Waals surface area contributed by atoms with E-state index in [1.807, 2.05) is 115 Å². The quantitative estimate of drug-likeness (QED) is 0.0545. The lowest BCUT2D eigenvalue weighted by Crippen LogP contribution is -2.40. The van der Waals surface area contributed by atoms with E-state index in [4.69, 9.17) is 28.0 Å². The molecule has 6 aromatic rings. The highest BCUT2D eigenvalue weighted by molar-refractivity contribution is 7.44. The van der Waals surface area contributed by atoms with Crippen molar-refractivity contribution >= 4 is 26.1 Å². The Bertz CT molecular complexity index is 2440. The fourth-order valence-electron chi connectivity index (χ4n) is 8.08. The molecule has 66 heavy (non-hydrogen) atoms. The van der Waals surface area contributed by atoms with E-state index in [9.17, 15) is 9.59 Å². The molecule has 4 aromatic carbocycles. The van der Waals surface area contributed by atoms with Crippen molar-refractivity contribution in [3.05, 3.63) is 179 Å². The zero-order valence-electron chi connectivity index (χ0n) is 38.5. The largest absolute Gasteiger partial charge is 0.497 e. The van der Waals surface area contributed by atoms with E-state index in [0.717, 1.165) is 22.5 Å². The summed E-state index contributed by atoms with van der Waals surface area (Å²) < 4.78 is 43.0. The molecule has 7 rings (SSSR count). The zero-order valence-corrected chi connectivity index (χ0v) is 39.4. The van der Waals surface area contributed by atoms with Gasteiger partial charge in [-0.2, -0.15) is 4.98 Å². The molecule has 346 valence electrons. The molecule has 1 N–H and O–H groups in total. The molecular formula is C51H59N6O8P. The minimum atomic E-state index is -1.68. The standard InChI is InChI=1S/C51H59N6O8P/c1-36(2)57(37(3)4)66(63-33-32-55(5)47-20-14-15-30-52-47)65-44-34-48(56-31-29-46(54-50(56)59)53-49(58)38-16-10-8-11-17-38)64-45(44)35-62-51(39-18-12-9-13-19-39,40-21-25-42(60-6)26-22-40)41-23-27-43(61-7)28-24-41/h8-31,36-37,44-45,48H,32-35H2,1-7H3,(H,53,54,58,59)/t44-,45+,48+,66?/m0/s1. The van der Waals surface area contributed by atoms with Crippen molar-refractivity contribution in [2.45, 2.75) is 70.2 Å². The maximum Gasteiger partial charge on any atom is 0.351 e. The van der Waals surface area contributed by atoms with Crippen LogP contribution < -0.4 is 25.4 Å². The van der Waals surface area contributed by atoms with E-state index in [1.54, 1.807) is 56.9 Å². The number of nitrogens with zero attached hydrogens (tertiary/aromatic N) is 5. The van der Waals surface area contributed by atoms with Gasteiger partial charge in [-0.15, -0.1) is 0 Å². The number of pyridine rings is 1. The lowest BCUT2D eigenvalue weighted by molar-refractivity contribution is -0.0925. The predicted octanol–water partition coefficient (Wildman–Crippen LogP) is 9.09. The molecule has 1 aliphatic rings. The van der Waals surface area contributed by atoms with Crippen LogP contribution >= 0.6 is 8.53 Å². The predicted molar refractivity (Wildman–Crippen MR) is 257 cm³/mol. The minimum Gasteiger partial charge on any atom is -0.497 e. The average molecular weight is 915 g/mol. The number of nitrogens with one attached hydrogen (secondary N) is 1. The molecule has 4 atom stereocenters. The first-order chi connectivity index (χ1) is 32.0. The van der Waals surface area contributed by atoms with Crippen LogP contribution in [0, 0.1) is 0 Å². The Hall–Kier alpha value is -5.99. The van der Waals surface area contributed by atoms with Gasteiger partial charge in [0.15, 0.2) is 0 Å². The van der Waals surface area contributed by atoms with Crippen molar-refractivity contribution in [3.8, 4) is 11.5 Å². The molecule has 0 aliphatic carbocycles. The Labute approximate surface area is 388 Å². The van der Waals surface area contributed by atoms with E-state index in [-0.39, 0.29) is 36.8 Å². The molecule has 1 unspecified atom stereocenters. The lowest BCUT2D eigenvalue weighted by atomic mass is 9.80. The van der Waals surface area contributed by atoms with Gasteiger partial charge in [-0.3, -0.25) is 9.36 Å². The van der Waals surface area contributed by atoms with Crippen LogP contribution in [0.1, 0.15) is 67.4 Å². The van der Waals surface area contributed by atoms with Crippen molar-refractivity contribution in [2.24, 2.45) is 0 Å². The molecule has 15 heteroatoms. The van der Waals surface area contributed by atoms with Crippen LogP contribution in [-0.4, -0.2) is 90.4 Å². The number of methoxy groups -OCH3 is 2. The molecule has 0 bridgehead atoms. The van der Waals surface area contributed by atoms with Crippen LogP contribution in [-0.2, 0) is 24.1 Å². The third-order valence-electron chi connectivity index (χ3n) is 11.4. The van der Waals surface area contributed by atoms with Crippen molar-refractivity contribution < 1.29 is 32.8 Å². The summed E-state index contributed by atoms with van der Waals surface area (Å²) >= 11 is 0. The van der Waals surface area contributed by atoms with E-state index in [2.05, 4.69) is 47.7 Å². The number of hydrogen-bond donors (Lipinski definition) is 1. The van der Waals surface area contributed by atoms with E-state index < -0.39 is 38.3 Å². The normalized spacial score (nSPS) is 16.7. The molecule has 3 heterocycles. The second kappa shape index (κ2) is 22.5. The summed E-state index contributed by atoms with van der Waals surface area (Å²) in [7, 11) is 3.58. The number of carbonyl (C=O) groups is 1. The molecule has 0 saturated carbocycles. The highest BCUT2D eigenvalue weighted by atomic mass is 31.2. The minimum absolute atomic E-state index is 0.0382. The van der Waals surface area contributed by atoms with Crippen molar-refractivity contribution in [3.63, 3.8) is 0 Å². The summed E-state index contributed by atoms with van der Waals surface area (Å²) in [5.41, 5.74) is 1.29. The zero-order chi connectivity index (χ0) is 46.6. The number of amides is 1. The van der Waals surface area contributed by atoms with E-state index >= 15 is 0 Å². The first kappa shape index (κ1) is 48.0. The fraction of sp³-hybridized carbons (Fsp3) is 0.333. The van der Waals surface area contributed by atoms with Crippen LogP contribution in [0.25, 0.3) is 0 Å². The van der Waals surface area contributed by atoms with Gasteiger partial charge < -0.3 is 38.2 Å². The van der Waals surface area contributed by atoms with Gasteiger partial charge in [0.2, 0.25) is 0 Å². The second-order valence-electron chi connectivity index (χ2n) is 16.4. The van der Waals surface area contributed by atoms with Gasteiger partial charge >= 0.3 is 5.69 Å². The molecule has 1 fully saturated rings. The highest BCUT2D eigenvalue weighted by Crippen LogP contribution is 2.50. The molecule has 1 aliphatic heterocycles. The molecule has 14 nitrogen and oxygen atoms in total. The third kappa shape index (κ3) is 11.3. The number of benzene rings is 4. The third-order valence-corrected chi connectivity index (χ3v) is 13.5. The van der Waals surface area contributed by atoms with Gasteiger partial charge in [-0.05, 0) is 99.0 Å². The Kier molecular flexibility index (Phi) is 16.3. The van der Waals surface area contributed by atoms with Crippen molar-refractivity contribution in [1.82, 2.24) is 19.2 Å². The average Bonchev–Trinajstić information content (AvgIpc) is 3.74. The smallest absolute Gasteiger partial charge is 0.351 e. The molecule has 0 spiro atoms. The molecule has 0 radical (unpaired) electrons. The van der Waals surface area contributed by atoms with Gasteiger partial charge in [0.25, 0.3) is 14.4 Å². The van der Waals surface area contributed by atoms with Crippen LogP contribution in [0.2, 0.25) is 0 Å². The number of likely N-dealkylation sites (N-methyl/N-ethyl adjacent to an activating group) is 1. The maximum absolute atomic E-state index is 13.9. The van der Waals surface area contributed by atoms with Gasteiger partial charge in [0.1, 0.15) is 41.1 Å². The van der Waals surface area contributed by atoms with Gasteiger partial charge in [-0.1, -0.05) is 78.9 Å².